The van der Waals surface area contributed by atoms with Crippen molar-refractivity contribution in [2.45, 2.75) is 12.2 Å². The monoisotopic (exact) mass is 226 g/mol. The maximum Gasteiger partial charge on any atom is 0.134 e. The van der Waals surface area contributed by atoms with Gasteiger partial charge in [0.2, 0.25) is 0 Å². The quantitative estimate of drug-likeness (QED) is 0.788. The molecule has 0 aliphatic carbocycles. The number of hydrogen-bond donors (Lipinski definition) is 2. The van der Waals surface area contributed by atoms with E-state index in [0.717, 1.165) is 5.39 Å². The van der Waals surface area contributed by atoms with Crippen molar-refractivity contribution >= 4 is 22.6 Å². The van der Waals surface area contributed by atoms with Crippen LogP contribution in [0.1, 0.15) is 11.7 Å². The maximum absolute atomic E-state index is 9.78. The molecule has 0 aliphatic heterocycles. The van der Waals surface area contributed by atoms with E-state index in [9.17, 15) is 10.2 Å². The second kappa shape index (κ2) is 4.23. The second-order valence-electron chi connectivity index (χ2n) is 3.35. The van der Waals surface area contributed by atoms with Gasteiger partial charge in [0.1, 0.15) is 11.7 Å². The zero-order valence-electron chi connectivity index (χ0n) is 7.93. The number of benzene rings is 1. The van der Waals surface area contributed by atoms with Gasteiger partial charge in [-0.25, -0.2) is 0 Å². The molecule has 2 rings (SSSR count). The van der Waals surface area contributed by atoms with E-state index >= 15 is 0 Å². The molecule has 0 bridgehead atoms. The fourth-order valence-electron chi connectivity index (χ4n) is 1.52. The molecule has 3 nitrogen and oxygen atoms in total. The van der Waals surface area contributed by atoms with Gasteiger partial charge >= 0.3 is 0 Å². The molecule has 0 saturated heterocycles. The zero-order chi connectivity index (χ0) is 10.8. The number of para-hydroxylation sites is 1. The molecule has 0 saturated carbocycles. The minimum atomic E-state index is -1.01. The maximum atomic E-state index is 9.78. The van der Waals surface area contributed by atoms with Crippen LogP contribution in [0.25, 0.3) is 11.0 Å². The Morgan fingerprint density at radius 3 is 2.73 bits per heavy atom. The van der Waals surface area contributed by atoms with Crippen LogP contribution in [0.5, 0.6) is 0 Å². The lowest BCUT2D eigenvalue weighted by atomic mass is 10.0. The minimum Gasteiger partial charge on any atom is -0.464 e. The third-order valence-corrected chi connectivity index (χ3v) is 2.67. The molecule has 2 aromatic rings. The van der Waals surface area contributed by atoms with Crippen molar-refractivity contribution in [2.75, 3.05) is 5.88 Å². The Bertz CT molecular complexity index is 452. The van der Waals surface area contributed by atoms with Crippen LogP contribution in [0, 0.1) is 0 Å². The third kappa shape index (κ3) is 1.86. The zero-order valence-corrected chi connectivity index (χ0v) is 8.69. The van der Waals surface area contributed by atoms with E-state index in [4.69, 9.17) is 16.0 Å². The molecule has 2 N–H and O–H groups in total. The van der Waals surface area contributed by atoms with E-state index in [-0.39, 0.29) is 5.88 Å². The molecule has 15 heavy (non-hydrogen) atoms. The highest BCUT2D eigenvalue weighted by molar-refractivity contribution is 6.18. The van der Waals surface area contributed by atoms with Gasteiger partial charge in [-0.2, -0.15) is 0 Å². The number of fused-ring (bicyclic) bond motifs is 1. The molecule has 80 valence electrons. The first-order valence-corrected chi connectivity index (χ1v) is 5.15. The molecule has 0 amide bonds. The van der Waals surface area contributed by atoms with Crippen molar-refractivity contribution in [3.8, 4) is 0 Å². The van der Waals surface area contributed by atoms with Crippen LogP contribution in [0.4, 0.5) is 0 Å². The van der Waals surface area contributed by atoms with Gasteiger partial charge in [-0.05, 0) is 6.07 Å². The largest absolute Gasteiger partial charge is 0.464 e. The summed E-state index contributed by atoms with van der Waals surface area (Å²) in [4.78, 5) is 0. The Labute approximate surface area is 91.9 Å². The van der Waals surface area contributed by atoms with Crippen LogP contribution in [0.15, 0.2) is 34.9 Å². The number of furan rings is 1. The van der Waals surface area contributed by atoms with Crippen molar-refractivity contribution in [1.29, 1.82) is 0 Å². The molecular weight excluding hydrogens is 216 g/mol. The molecule has 1 aromatic carbocycles. The number of aliphatic hydroxyl groups excluding tert-OH is 2. The second-order valence-corrected chi connectivity index (χ2v) is 3.66. The summed E-state index contributed by atoms with van der Waals surface area (Å²) in [6.45, 7) is 0. The van der Waals surface area contributed by atoms with Crippen LogP contribution >= 0.6 is 11.6 Å². The number of rotatable bonds is 3. The summed E-state index contributed by atoms with van der Waals surface area (Å²) in [6.07, 6.45) is -0.538. The smallest absolute Gasteiger partial charge is 0.134 e. The van der Waals surface area contributed by atoms with Gasteiger partial charge in [-0.1, -0.05) is 18.2 Å². The summed E-state index contributed by atoms with van der Waals surface area (Å²) in [5.41, 5.74) is 1.26. The third-order valence-electron chi connectivity index (χ3n) is 2.35. The van der Waals surface area contributed by atoms with Crippen LogP contribution < -0.4 is 0 Å². The van der Waals surface area contributed by atoms with E-state index < -0.39 is 12.2 Å². The Morgan fingerprint density at radius 2 is 2.00 bits per heavy atom. The summed E-state index contributed by atoms with van der Waals surface area (Å²) in [7, 11) is 0. The van der Waals surface area contributed by atoms with E-state index in [1.165, 1.54) is 6.26 Å². The molecule has 2 atom stereocenters. The van der Waals surface area contributed by atoms with Crippen molar-refractivity contribution in [3.63, 3.8) is 0 Å². The molecule has 4 heteroatoms. The van der Waals surface area contributed by atoms with E-state index in [2.05, 4.69) is 0 Å². The Balaban J connectivity index is 2.43. The van der Waals surface area contributed by atoms with Crippen molar-refractivity contribution in [1.82, 2.24) is 0 Å². The predicted molar refractivity (Wildman–Crippen MR) is 57.9 cm³/mol. The van der Waals surface area contributed by atoms with Gasteiger partial charge in [0.15, 0.2) is 0 Å². The van der Waals surface area contributed by atoms with E-state index in [1.54, 1.807) is 6.07 Å². The van der Waals surface area contributed by atoms with Crippen molar-refractivity contribution in [3.05, 3.63) is 36.1 Å². The van der Waals surface area contributed by atoms with Gasteiger partial charge in [0.05, 0.1) is 18.2 Å². The van der Waals surface area contributed by atoms with E-state index in [0.29, 0.717) is 11.1 Å². The predicted octanol–water partition coefficient (Wildman–Crippen LogP) is 2.07. The van der Waals surface area contributed by atoms with Crippen LogP contribution in [-0.2, 0) is 0 Å². The molecule has 0 aliphatic rings. The van der Waals surface area contributed by atoms with Crippen LogP contribution in [-0.4, -0.2) is 22.2 Å². The first-order valence-electron chi connectivity index (χ1n) is 4.62. The van der Waals surface area contributed by atoms with E-state index in [1.807, 2.05) is 18.2 Å². The fraction of sp³-hybridized carbons (Fsp3) is 0.273. The van der Waals surface area contributed by atoms with Gasteiger partial charge in [0.25, 0.3) is 0 Å². The van der Waals surface area contributed by atoms with Gasteiger partial charge in [0, 0.05) is 10.9 Å². The summed E-state index contributed by atoms with van der Waals surface area (Å²) < 4.78 is 5.25. The Kier molecular flexibility index (Phi) is 2.95. The van der Waals surface area contributed by atoms with Crippen molar-refractivity contribution < 1.29 is 14.6 Å². The molecule has 0 fully saturated rings. The normalized spacial score (nSPS) is 15.4. The Hall–Kier alpha value is -1.03. The summed E-state index contributed by atoms with van der Waals surface area (Å²) in [5.74, 6) is -0.0132. The molecule has 0 radical (unpaired) electrons. The molecule has 1 heterocycles. The number of hydrogen-bond acceptors (Lipinski definition) is 3. The van der Waals surface area contributed by atoms with Crippen molar-refractivity contribution in [2.24, 2.45) is 0 Å². The summed E-state index contributed by atoms with van der Waals surface area (Å²) in [5, 5.41) is 20.0. The SMILES string of the molecule is OC(CCl)C(O)c1coc2ccccc12. The topological polar surface area (TPSA) is 53.6 Å². The molecule has 1 aromatic heterocycles. The van der Waals surface area contributed by atoms with Crippen LogP contribution in [0.3, 0.4) is 0 Å². The first-order chi connectivity index (χ1) is 7.24. The lowest BCUT2D eigenvalue weighted by molar-refractivity contribution is 0.0331. The highest BCUT2D eigenvalue weighted by Crippen LogP contribution is 2.28. The lowest BCUT2D eigenvalue weighted by Crippen LogP contribution is -2.19. The molecule has 2 unspecified atom stereocenters. The average Bonchev–Trinajstić information content (AvgIpc) is 2.70. The highest BCUT2D eigenvalue weighted by atomic mass is 35.5. The number of aliphatic hydroxyl groups is 2. The standard InChI is InChI=1S/C11H11ClO3/c12-5-9(13)11(14)8-6-15-10-4-2-1-3-7(8)10/h1-4,6,9,11,13-14H,5H2. The summed E-state index contributed by atoms with van der Waals surface area (Å²) in [6, 6.07) is 7.33. The fourth-order valence-corrected chi connectivity index (χ4v) is 1.69. The number of alkyl halides is 1. The number of halogens is 1. The van der Waals surface area contributed by atoms with Gasteiger partial charge in [-0.15, -0.1) is 11.6 Å². The minimum absolute atomic E-state index is 0.0132. The average molecular weight is 227 g/mol. The first kappa shape index (κ1) is 10.5. The molecule has 0 spiro atoms. The Morgan fingerprint density at radius 1 is 1.27 bits per heavy atom. The highest BCUT2D eigenvalue weighted by Gasteiger charge is 2.21. The molecular formula is C11H11ClO3. The summed E-state index contributed by atoms with van der Waals surface area (Å²) >= 11 is 5.47. The van der Waals surface area contributed by atoms with Crippen LogP contribution in [0.2, 0.25) is 0 Å². The lowest BCUT2D eigenvalue weighted by Gasteiger charge is -2.13. The van der Waals surface area contributed by atoms with Gasteiger partial charge < -0.3 is 14.6 Å². The van der Waals surface area contributed by atoms with Gasteiger partial charge in [-0.3, -0.25) is 0 Å².